The molecule has 0 spiro atoms. The standard InChI is InChI=1S/C9H15NO5/c1-3-5-14-6-4-8(11)15-9(12)7-10-13-2/h3,7-8,11H,1,4-6H2,2H3. The van der Waals surface area contributed by atoms with Crippen molar-refractivity contribution in [2.75, 3.05) is 20.3 Å². The summed E-state index contributed by atoms with van der Waals surface area (Å²) >= 11 is 0. The summed E-state index contributed by atoms with van der Waals surface area (Å²) in [5.41, 5.74) is 0. The van der Waals surface area contributed by atoms with E-state index in [4.69, 9.17) is 9.84 Å². The van der Waals surface area contributed by atoms with Gasteiger partial charge in [0.25, 0.3) is 0 Å². The highest BCUT2D eigenvalue weighted by Crippen LogP contribution is 1.95. The molecule has 0 amide bonds. The monoisotopic (exact) mass is 217 g/mol. The Bertz CT molecular complexity index is 217. The predicted octanol–water partition coefficient (Wildman–Crippen LogP) is 0.0729. The summed E-state index contributed by atoms with van der Waals surface area (Å²) in [6, 6.07) is 0. The summed E-state index contributed by atoms with van der Waals surface area (Å²) in [6.07, 6.45) is 1.41. The summed E-state index contributed by atoms with van der Waals surface area (Å²) in [5, 5.41) is 12.3. The average Bonchev–Trinajstić information content (AvgIpc) is 2.21. The van der Waals surface area contributed by atoms with Crippen molar-refractivity contribution in [1.29, 1.82) is 0 Å². The normalized spacial score (nSPS) is 12.4. The topological polar surface area (TPSA) is 77.4 Å². The number of carbonyl (C=O) groups excluding carboxylic acids is 1. The third kappa shape index (κ3) is 8.92. The maximum atomic E-state index is 10.8. The fourth-order valence-corrected chi connectivity index (χ4v) is 0.670. The SMILES string of the molecule is C=CCOCCC(O)OC(=O)C=NOC. The van der Waals surface area contributed by atoms with Gasteiger partial charge in [0.15, 0.2) is 6.21 Å². The van der Waals surface area contributed by atoms with E-state index in [0.29, 0.717) is 6.61 Å². The lowest BCUT2D eigenvalue weighted by Gasteiger charge is -2.09. The maximum Gasteiger partial charge on any atom is 0.355 e. The predicted molar refractivity (Wildman–Crippen MR) is 53.2 cm³/mol. The Hall–Kier alpha value is -1.40. The molecule has 6 heteroatoms. The first-order chi connectivity index (χ1) is 7.20. The van der Waals surface area contributed by atoms with Gasteiger partial charge in [0.05, 0.1) is 13.2 Å². The Kier molecular flexibility index (Phi) is 8.31. The summed E-state index contributed by atoms with van der Waals surface area (Å²) in [4.78, 5) is 15.1. The highest BCUT2D eigenvalue weighted by atomic mass is 16.6. The number of nitrogens with zero attached hydrogens (tertiary/aromatic N) is 1. The van der Waals surface area contributed by atoms with E-state index < -0.39 is 12.3 Å². The second-order valence-corrected chi connectivity index (χ2v) is 2.46. The molecule has 0 aromatic carbocycles. The van der Waals surface area contributed by atoms with Crippen LogP contribution in [0.2, 0.25) is 0 Å². The van der Waals surface area contributed by atoms with Crippen LogP contribution in [0.1, 0.15) is 6.42 Å². The summed E-state index contributed by atoms with van der Waals surface area (Å²) in [6.45, 7) is 4.13. The zero-order valence-corrected chi connectivity index (χ0v) is 8.59. The van der Waals surface area contributed by atoms with Crippen molar-refractivity contribution in [2.24, 2.45) is 5.16 Å². The van der Waals surface area contributed by atoms with E-state index in [1.54, 1.807) is 6.08 Å². The van der Waals surface area contributed by atoms with Crippen LogP contribution in [0, 0.1) is 0 Å². The maximum absolute atomic E-state index is 10.8. The quantitative estimate of drug-likeness (QED) is 0.155. The first-order valence-electron chi connectivity index (χ1n) is 4.34. The molecule has 0 saturated carbocycles. The molecule has 15 heavy (non-hydrogen) atoms. The molecule has 0 radical (unpaired) electrons. The molecular formula is C9H15NO5. The van der Waals surface area contributed by atoms with E-state index in [1.807, 2.05) is 0 Å². The molecule has 0 aliphatic rings. The molecule has 6 nitrogen and oxygen atoms in total. The number of rotatable bonds is 8. The van der Waals surface area contributed by atoms with Gasteiger partial charge in [-0.2, -0.15) is 0 Å². The molecular weight excluding hydrogens is 202 g/mol. The number of ether oxygens (including phenoxy) is 2. The van der Waals surface area contributed by atoms with Gasteiger partial charge in [-0.05, 0) is 0 Å². The highest BCUT2D eigenvalue weighted by molar-refractivity contribution is 6.22. The Morgan fingerprint density at radius 2 is 2.40 bits per heavy atom. The van der Waals surface area contributed by atoms with Gasteiger partial charge in [-0.25, -0.2) is 4.79 Å². The van der Waals surface area contributed by atoms with Crippen molar-refractivity contribution in [3.8, 4) is 0 Å². The van der Waals surface area contributed by atoms with Crippen LogP contribution in [-0.2, 0) is 19.1 Å². The second-order valence-electron chi connectivity index (χ2n) is 2.46. The van der Waals surface area contributed by atoms with Gasteiger partial charge < -0.3 is 19.4 Å². The molecule has 0 bridgehead atoms. The van der Waals surface area contributed by atoms with Gasteiger partial charge in [-0.3, -0.25) is 0 Å². The molecule has 0 heterocycles. The fraction of sp³-hybridized carbons (Fsp3) is 0.556. The number of aliphatic hydroxyl groups is 1. The molecule has 1 N–H and O–H groups in total. The number of oxime groups is 1. The molecule has 86 valence electrons. The van der Waals surface area contributed by atoms with Crippen molar-refractivity contribution in [2.45, 2.75) is 12.7 Å². The molecule has 0 aliphatic heterocycles. The van der Waals surface area contributed by atoms with E-state index in [2.05, 4.69) is 21.3 Å². The number of carbonyl (C=O) groups is 1. The highest BCUT2D eigenvalue weighted by Gasteiger charge is 2.08. The van der Waals surface area contributed by atoms with E-state index >= 15 is 0 Å². The lowest BCUT2D eigenvalue weighted by atomic mass is 10.4. The Morgan fingerprint density at radius 3 is 3.00 bits per heavy atom. The van der Waals surface area contributed by atoms with E-state index in [-0.39, 0.29) is 13.0 Å². The first-order valence-corrected chi connectivity index (χ1v) is 4.34. The van der Waals surface area contributed by atoms with Crippen LogP contribution < -0.4 is 0 Å². The van der Waals surface area contributed by atoms with E-state index in [0.717, 1.165) is 6.21 Å². The lowest BCUT2D eigenvalue weighted by molar-refractivity contribution is -0.161. The number of esters is 1. The number of hydrogen-bond acceptors (Lipinski definition) is 6. The van der Waals surface area contributed by atoms with Crippen molar-refractivity contribution >= 4 is 12.2 Å². The lowest BCUT2D eigenvalue weighted by Crippen LogP contribution is -2.20. The van der Waals surface area contributed by atoms with Crippen LogP contribution in [-0.4, -0.2) is 43.9 Å². The first kappa shape index (κ1) is 13.6. The minimum Gasteiger partial charge on any atom is -0.432 e. The minimum absolute atomic E-state index is 0.195. The third-order valence-corrected chi connectivity index (χ3v) is 1.26. The molecule has 0 saturated heterocycles. The summed E-state index contributed by atoms with van der Waals surface area (Å²) < 4.78 is 9.50. The van der Waals surface area contributed by atoms with Crippen molar-refractivity contribution < 1.29 is 24.2 Å². The largest absolute Gasteiger partial charge is 0.432 e. The van der Waals surface area contributed by atoms with Gasteiger partial charge in [-0.1, -0.05) is 11.2 Å². The van der Waals surface area contributed by atoms with Gasteiger partial charge in [-0.15, -0.1) is 6.58 Å². The summed E-state index contributed by atoms with van der Waals surface area (Å²) in [5.74, 6) is -0.770. The van der Waals surface area contributed by atoms with Gasteiger partial charge >= 0.3 is 5.97 Å². The van der Waals surface area contributed by atoms with Crippen LogP contribution in [0.25, 0.3) is 0 Å². The van der Waals surface area contributed by atoms with Crippen LogP contribution in [0.15, 0.2) is 17.8 Å². The smallest absolute Gasteiger partial charge is 0.355 e. The van der Waals surface area contributed by atoms with Crippen LogP contribution in [0.5, 0.6) is 0 Å². The molecule has 1 atom stereocenters. The Balaban J connectivity index is 3.54. The van der Waals surface area contributed by atoms with Crippen molar-refractivity contribution in [1.82, 2.24) is 0 Å². The van der Waals surface area contributed by atoms with E-state index in [1.165, 1.54) is 7.11 Å². The Morgan fingerprint density at radius 1 is 1.67 bits per heavy atom. The average molecular weight is 217 g/mol. The van der Waals surface area contributed by atoms with Crippen LogP contribution in [0.3, 0.4) is 0 Å². The van der Waals surface area contributed by atoms with Gasteiger partial charge in [0.2, 0.25) is 6.29 Å². The number of aliphatic hydroxyl groups excluding tert-OH is 1. The van der Waals surface area contributed by atoms with Crippen molar-refractivity contribution in [3.05, 3.63) is 12.7 Å². The van der Waals surface area contributed by atoms with Gasteiger partial charge in [0, 0.05) is 6.42 Å². The molecule has 0 aromatic rings. The summed E-state index contributed by atoms with van der Waals surface area (Å²) in [7, 11) is 1.29. The third-order valence-electron chi connectivity index (χ3n) is 1.26. The minimum atomic E-state index is -1.20. The molecule has 0 fully saturated rings. The fourth-order valence-electron chi connectivity index (χ4n) is 0.670. The van der Waals surface area contributed by atoms with Crippen LogP contribution >= 0.6 is 0 Å². The zero-order valence-electron chi connectivity index (χ0n) is 8.59. The number of hydrogen-bond donors (Lipinski definition) is 1. The van der Waals surface area contributed by atoms with Crippen LogP contribution in [0.4, 0.5) is 0 Å². The van der Waals surface area contributed by atoms with Crippen molar-refractivity contribution in [3.63, 3.8) is 0 Å². The molecule has 0 aliphatic carbocycles. The molecule has 0 aromatic heterocycles. The van der Waals surface area contributed by atoms with Gasteiger partial charge in [0.1, 0.15) is 7.11 Å². The molecule has 0 rings (SSSR count). The second kappa shape index (κ2) is 9.17. The zero-order chi connectivity index (χ0) is 11.5. The Labute approximate surface area is 88.1 Å². The molecule has 1 unspecified atom stereocenters. The van der Waals surface area contributed by atoms with E-state index in [9.17, 15) is 4.79 Å².